The van der Waals surface area contributed by atoms with Crippen molar-refractivity contribution in [1.82, 2.24) is 9.80 Å². The molecular formula is C37H48N4O6. The van der Waals surface area contributed by atoms with Gasteiger partial charge < -0.3 is 34.5 Å². The molecule has 10 heteroatoms. The lowest BCUT2D eigenvalue weighted by Gasteiger charge is -2.35. The average Bonchev–Trinajstić information content (AvgIpc) is 3.04. The van der Waals surface area contributed by atoms with Crippen molar-refractivity contribution in [3.8, 4) is 11.5 Å². The summed E-state index contributed by atoms with van der Waals surface area (Å²) >= 11 is 0. The summed E-state index contributed by atoms with van der Waals surface area (Å²) in [6.45, 7) is 15.8. The van der Waals surface area contributed by atoms with E-state index in [1.54, 1.807) is 24.2 Å². The molecule has 0 spiro atoms. The Morgan fingerprint density at radius 3 is 2.32 bits per heavy atom. The Labute approximate surface area is 278 Å². The molecule has 2 atom stereocenters. The number of urea groups is 1. The lowest BCUT2D eigenvalue weighted by atomic mass is 9.85. The number of benzene rings is 3. The maximum atomic E-state index is 13.5. The van der Waals surface area contributed by atoms with Gasteiger partial charge in [0.15, 0.2) is 0 Å². The lowest BCUT2D eigenvalue weighted by molar-refractivity contribution is -0.129. The zero-order chi connectivity index (χ0) is 33.6. The third-order valence-electron chi connectivity index (χ3n) is 8.46. The van der Waals surface area contributed by atoms with E-state index in [0.717, 1.165) is 41.7 Å². The van der Waals surface area contributed by atoms with E-state index in [1.165, 1.54) is 0 Å². The van der Waals surface area contributed by atoms with Crippen molar-refractivity contribution in [1.29, 1.82) is 0 Å². The van der Waals surface area contributed by atoms with Crippen LogP contribution in [-0.2, 0) is 19.7 Å². The fourth-order valence-electron chi connectivity index (χ4n) is 6.11. The Kier molecular flexibility index (Phi) is 11.1. The van der Waals surface area contributed by atoms with E-state index in [1.807, 2.05) is 48.5 Å². The van der Waals surface area contributed by atoms with E-state index in [-0.39, 0.29) is 23.5 Å². The topological polar surface area (TPSA) is 102 Å². The standard InChI is InChI=1S/C37H48N4O6/c1-25-23-40(24-26(2)47-25)15-20-46-33-13-12-31(29-9-7-8-10-30(29)33)38-36(43)39-32-22-28(37(3,4)5)21-27(35(32)44-6)11-14-34(42)41-16-18-45-19-17-41/h7-14,21-22,25-26H,15-20,23-24H2,1-6H3,(H2,38,39,43)/b14-11+/t25-,26-/m1/s1. The van der Waals surface area contributed by atoms with E-state index in [4.69, 9.17) is 18.9 Å². The molecule has 0 aliphatic carbocycles. The molecule has 252 valence electrons. The van der Waals surface area contributed by atoms with Crippen molar-refractivity contribution in [3.05, 3.63) is 65.7 Å². The molecule has 3 amide bonds. The molecule has 0 saturated carbocycles. The molecule has 2 saturated heterocycles. The summed E-state index contributed by atoms with van der Waals surface area (Å²) in [6.07, 6.45) is 3.72. The van der Waals surface area contributed by atoms with Crippen molar-refractivity contribution in [3.63, 3.8) is 0 Å². The molecule has 0 unspecified atom stereocenters. The van der Waals surface area contributed by atoms with Gasteiger partial charge in [-0.2, -0.15) is 0 Å². The number of hydrogen-bond donors (Lipinski definition) is 2. The minimum Gasteiger partial charge on any atom is -0.494 e. The maximum Gasteiger partial charge on any atom is 0.323 e. The monoisotopic (exact) mass is 644 g/mol. The van der Waals surface area contributed by atoms with Crippen LogP contribution < -0.4 is 20.1 Å². The van der Waals surface area contributed by atoms with Gasteiger partial charge in [0.2, 0.25) is 5.91 Å². The summed E-state index contributed by atoms with van der Waals surface area (Å²) in [5, 5.41) is 7.81. The van der Waals surface area contributed by atoms with Gasteiger partial charge in [-0.3, -0.25) is 9.69 Å². The fraction of sp³-hybridized carbons (Fsp3) is 0.459. The van der Waals surface area contributed by atoms with E-state index in [2.05, 4.69) is 50.2 Å². The Bertz CT molecular complexity index is 1580. The zero-order valence-electron chi connectivity index (χ0n) is 28.4. The smallest absolute Gasteiger partial charge is 0.323 e. The van der Waals surface area contributed by atoms with Crippen LogP contribution in [0.3, 0.4) is 0 Å². The third kappa shape index (κ3) is 8.82. The summed E-state index contributed by atoms with van der Waals surface area (Å²) in [4.78, 5) is 30.5. The Balaban J connectivity index is 1.32. The number of morpholine rings is 2. The predicted molar refractivity (Wildman–Crippen MR) is 187 cm³/mol. The van der Waals surface area contributed by atoms with Crippen molar-refractivity contribution in [2.45, 2.75) is 52.2 Å². The van der Waals surface area contributed by atoms with Crippen LogP contribution in [0.2, 0.25) is 0 Å². The average molecular weight is 645 g/mol. The van der Waals surface area contributed by atoms with Gasteiger partial charge in [0.1, 0.15) is 18.1 Å². The van der Waals surface area contributed by atoms with Gasteiger partial charge in [0, 0.05) is 55.1 Å². The molecule has 3 aromatic carbocycles. The Morgan fingerprint density at radius 2 is 1.64 bits per heavy atom. The highest BCUT2D eigenvalue weighted by molar-refractivity contribution is 6.08. The largest absolute Gasteiger partial charge is 0.494 e. The van der Waals surface area contributed by atoms with Crippen molar-refractivity contribution in [2.75, 3.05) is 70.3 Å². The van der Waals surface area contributed by atoms with Crippen molar-refractivity contribution < 1.29 is 28.5 Å². The SMILES string of the molecule is COc1c(/C=C/C(=O)N2CCOCC2)cc(C(C)(C)C)cc1NC(=O)Nc1ccc(OCCN2C[C@@H](C)O[C@H](C)C2)c2ccccc12. The number of ether oxygens (including phenoxy) is 4. The number of nitrogens with one attached hydrogen (secondary N) is 2. The molecule has 10 nitrogen and oxygen atoms in total. The second-order valence-corrected chi connectivity index (χ2v) is 13.3. The highest BCUT2D eigenvalue weighted by Crippen LogP contribution is 2.37. The summed E-state index contributed by atoms with van der Waals surface area (Å²) in [5.41, 5.74) is 2.63. The first-order valence-corrected chi connectivity index (χ1v) is 16.4. The number of anilines is 2. The first kappa shape index (κ1) is 34.2. The van der Waals surface area contributed by atoms with Crippen LogP contribution in [0.1, 0.15) is 45.7 Å². The molecule has 47 heavy (non-hydrogen) atoms. The number of carbonyl (C=O) groups is 2. The molecular weight excluding hydrogens is 596 g/mol. The quantitative estimate of drug-likeness (QED) is 0.270. The zero-order valence-corrected chi connectivity index (χ0v) is 28.4. The van der Waals surface area contributed by atoms with Gasteiger partial charge in [-0.15, -0.1) is 0 Å². The molecule has 2 fully saturated rings. The highest BCUT2D eigenvalue weighted by atomic mass is 16.5. The maximum absolute atomic E-state index is 13.5. The molecule has 0 bridgehead atoms. The molecule has 2 heterocycles. The number of amides is 3. The highest BCUT2D eigenvalue weighted by Gasteiger charge is 2.23. The normalized spacial score (nSPS) is 19.1. The van der Waals surface area contributed by atoms with Crippen LogP contribution >= 0.6 is 0 Å². The third-order valence-corrected chi connectivity index (χ3v) is 8.46. The molecule has 2 N–H and O–H groups in total. The van der Waals surface area contributed by atoms with Gasteiger partial charge in [-0.25, -0.2) is 4.79 Å². The van der Waals surface area contributed by atoms with E-state index >= 15 is 0 Å². The summed E-state index contributed by atoms with van der Waals surface area (Å²) in [5.74, 6) is 1.15. The molecule has 3 aromatic rings. The van der Waals surface area contributed by atoms with Gasteiger partial charge in [0.05, 0.1) is 43.9 Å². The van der Waals surface area contributed by atoms with E-state index in [9.17, 15) is 9.59 Å². The number of rotatable bonds is 9. The number of nitrogens with zero attached hydrogens (tertiary/aromatic N) is 2. The molecule has 5 rings (SSSR count). The van der Waals surface area contributed by atoms with Crippen molar-refractivity contribution >= 4 is 40.2 Å². The summed E-state index contributed by atoms with van der Waals surface area (Å²) < 4.78 is 23.3. The number of carbonyl (C=O) groups excluding carboxylic acids is 2. The Morgan fingerprint density at radius 1 is 0.957 bits per heavy atom. The van der Waals surface area contributed by atoms with Crippen LogP contribution in [0.5, 0.6) is 11.5 Å². The predicted octanol–water partition coefficient (Wildman–Crippen LogP) is 6.15. The molecule has 0 aromatic heterocycles. The van der Waals surface area contributed by atoms with E-state index < -0.39 is 6.03 Å². The lowest BCUT2D eigenvalue weighted by Crippen LogP contribution is -2.46. The molecule has 2 aliphatic rings. The first-order valence-electron chi connectivity index (χ1n) is 16.4. The fourth-order valence-corrected chi connectivity index (χ4v) is 6.11. The number of fused-ring (bicyclic) bond motifs is 1. The van der Waals surface area contributed by atoms with Crippen LogP contribution in [0.25, 0.3) is 16.8 Å². The number of methoxy groups -OCH3 is 1. The van der Waals surface area contributed by atoms with Crippen LogP contribution in [0.4, 0.5) is 16.2 Å². The van der Waals surface area contributed by atoms with Gasteiger partial charge in [-0.1, -0.05) is 45.0 Å². The van der Waals surface area contributed by atoms with Crippen LogP contribution in [0.15, 0.2) is 54.6 Å². The minimum atomic E-state index is -0.414. The second-order valence-electron chi connectivity index (χ2n) is 13.3. The van der Waals surface area contributed by atoms with Crippen molar-refractivity contribution in [2.24, 2.45) is 0 Å². The second kappa shape index (κ2) is 15.2. The summed E-state index contributed by atoms with van der Waals surface area (Å²) in [6, 6.07) is 15.1. The number of hydrogen-bond acceptors (Lipinski definition) is 7. The minimum absolute atomic E-state index is 0.0895. The van der Waals surface area contributed by atoms with Crippen LogP contribution in [-0.4, -0.2) is 93.6 Å². The molecule has 0 radical (unpaired) electrons. The Hall–Kier alpha value is -4.12. The first-order chi connectivity index (χ1) is 22.5. The molecule has 2 aliphatic heterocycles. The van der Waals surface area contributed by atoms with E-state index in [0.29, 0.717) is 55.6 Å². The van der Waals surface area contributed by atoms with Gasteiger partial charge in [0.25, 0.3) is 0 Å². The van der Waals surface area contributed by atoms with Crippen LogP contribution in [0, 0.1) is 0 Å². The summed E-state index contributed by atoms with van der Waals surface area (Å²) in [7, 11) is 1.56. The van der Waals surface area contributed by atoms with Gasteiger partial charge in [-0.05, 0) is 55.2 Å². The van der Waals surface area contributed by atoms with Gasteiger partial charge >= 0.3 is 6.03 Å².